The van der Waals surface area contributed by atoms with Crippen molar-refractivity contribution in [3.63, 3.8) is 0 Å². The van der Waals surface area contributed by atoms with Gasteiger partial charge in [0.2, 0.25) is 5.91 Å². The van der Waals surface area contributed by atoms with E-state index in [0.29, 0.717) is 49.8 Å². The van der Waals surface area contributed by atoms with E-state index in [1.807, 2.05) is 26.0 Å². The van der Waals surface area contributed by atoms with Crippen molar-refractivity contribution in [2.75, 3.05) is 25.1 Å². The molecule has 3 rings (SSSR count). The molecule has 26 heavy (non-hydrogen) atoms. The van der Waals surface area contributed by atoms with Gasteiger partial charge in [-0.15, -0.1) is 0 Å². The third-order valence-electron chi connectivity index (χ3n) is 4.05. The highest BCUT2D eigenvalue weighted by molar-refractivity contribution is 6.32. The van der Waals surface area contributed by atoms with Crippen LogP contribution in [0.15, 0.2) is 30.3 Å². The first kappa shape index (κ1) is 18.4. The fraction of sp³-hybridized carbons (Fsp3) is 0.350. The average molecular weight is 376 g/mol. The number of hydrogen-bond acceptors (Lipinski definition) is 4. The van der Waals surface area contributed by atoms with Crippen LogP contribution in [-0.4, -0.2) is 25.7 Å². The van der Waals surface area contributed by atoms with Crippen LogP contribution in [0.1, 0.15) is 24.0 Å². The smallest absolute Gasteiger partial charge is 0.224 e. The van der Waals surface area contributed by atoms with Gasteiger partial charge in [0.05, 0.1) is 6.61 Å². The van der Waals surface area contributed by atoms with Crippen molar-refractivity contribution in [2.45, 2.75) is 26.7 Å². The first-order valence-electron chi connectivity index (χ1n) is 8.62. The summed E-state index contributed by atoms with van der Waals surface area (Å²) < 4.78 is 16.7. The van der Waals surface area contributed by atoms with Crippen LogP contribution in [0.25, 0.3) is 0 Å². The summed E-state index contributed by atoms with van der Waals surface area (Å²) in [4.78, 5) is 12.1. The zero-order valence-electron chi connectivity index (χ0n) is 14.9. The van der Waals surface area contributed by atoms with Crippen LogP contribution in [0.4, 0.5) is 5.69 Å². The SMILES string of the molecule is Cc1cc(OCCCC(=O)Nc2ccc3c(c2)OCCO3)cc(C)c1Cl. The molecule has 0 aromatic heterocycles. The van der Waals surface area contributed by atoms with Crippen LogP contribution in [0.5, 0.6) is 17.2 Å². The summed E-state index contributed by atoms with van der Waals surface area (Å²) in [7, 11) is 0. The summed E-state index contributed by atoms with van der Waals surface area (Å²) >= 11 is 6.15. The van der Waals surface area contributed by atoms with Gasteiger partial charge in [0.25, 0.3) is 0 Å². The average Bonchev–Trinajstić information content (AvgIpc) is 2.63. The van der Waals surface area contributed by atoms with Gasteiger partial charge in [-0.1, -0.05) is 11.6 Å². The van der Waals surface area contributed by atoms with Crippen LogP contribution in [0.2, 0.25) is 5.02 Å². The van der Waals surface area contributed by atoms with Crippen LogP contribution >= 0.6 is 11.6 Å². The quantitative estimate of drug-likeness (QED) is 0.754. The lowest BCUT2D eigenvalue weighted by molar-refractivity contribution is -0.116. The highest BCUT2D eigenvalue weighted by Crippen LogP contribution is 2.32. The maximum Gasteiger partial charge on any atom is 0.224 e. The normalized spacial score (nSPS) is 12.6. The first-order valence-corrected chi connectivity index (χ1v) is 9.00. The van der Waals surface area contributed by atoms with Crippen molar-refractivity contribution >= 4 is 23.2 Å². The van der Waals surface area contributed by atoms with Gasteiger partial charge in [-0.25, -0.2) is 0 Å². The Morgan fingerprint density at radius 1 is 1.12 bits per heavy atom. The molecule has 1 aliphatic heterocycles. The number of anilines is 1. The highest BCUT2D eigenvalue weighted by Gasteiger charge is 2.12. The molecule has 6 heteroatoms. The third kappa shape index (κ3) is 4.61. The lowest BCUT2D eigenvalue weighted by Gasteiger charge is -2.19. The van der Waals surface area contributed by atoms with Crippen molar-refractivity contribution in [1.82, 2.24) is 0 Å². The number of carbonyl (C=O) groups is 1. The second-order valence-corrected chi connectivity index (χ2v) is 6.61. The number of rotatable bonds is 6. The minimum Gasteiger partial charge on any atom is -0.494 e. The molecule has 0 aliphatic carbocycles. The van der Waals surface area contributed by atoms with Crippen molar-refractivity contribution in [3.05, 3.63) is 46.5 Å². The molecule has 1 heterocycles. The molecule has 5 nitrogen and oxygen atoms in total. The molecule has 1 aliphatic rings. The van der Waals surface area contributed by atoms with Gasteiger partial charge >= 0.3 is 0 Å². The number of fused-ring (bicyclic) bond motifs is 1. The van der Waals surface area contributed by atoms with Gasteiger partial charge in [0.15, 0.2) is 11.5 Å². The zero-order valence-corrected chi connectivity index (χ0v) is 15.7. The van der Waals surface area contributed by atoms with E-state index in [1.165, 1.54) is 0 Å². The zero-order chi connectivity index (χ0) is 18.5. The van der Waals surface area contributed by atoms with Crippen molar-refractivity contribution in [2.24, 2.45) is 0 Å². The maximum absolute atomic E-state index is 12.1. The predicted octanol–water partition coefficient (Wildman–Crippen LogP) is 4.53. The first-order chi connectivity index (χ1) is 12.5. The Balaban J connectivity index is 1.44. The Hall–Kier alpha value is -2.40. The fourth-order valence-electron chi connectivity index (χ4n) is 2.76. The van der Waals surface area contributed by atoms with Gasteiger partial charge in [0, 0.05) is 23.2 Å². The predicted molar refractivity (Wildman–Crippen MR) is 102 cm³/mol. The molecule has 2 aromatic rings. The summed E-state index contributed by atoms with van der Waals surface area (Å²) in [6.07, 6.45) is 0.997. The van der Waals surface area contributed by atoms with E-state index in [2.05, 4.69) is 5.32 Å². The monoisotopic (exact) mass is 375 g/mol. The lowest BCUT2D eigenvalue weighted by atomic mass is 10.1. The molecule has 0 saturated heterocycles. The molecule has 0 saturated carbocycles. The largest absolute Gasteiger partial charge is 0.494 e. The third-order valence-corrected chi connectivity index (χ3v) is 4.65. The highest BCUT2D eigenvalue weighted by atomic mass is 35.5. The Labute approximate surface area is 158 Å². The Morgan fingerprint density at radius 3 is 2.54 bits per heavy atom. The van der Waals surface area contributed by atoms with Gasteiger partial charge in [-0.3, -0.25) is 4.79 Å². The number of benzene rings is 2. The molecule has 138 valence electrons. The van der Waals surface area contributed by atoms with Crippen LogP contribution in [-0.2, 0) is 4.79 Å². The number of carbonyl (C=O) groups excluding carboxylic acids is 1. The minimum absolute atomic E-state index is 0.0613. The van der Waals surface area contributed by atoms with E-state index in [-0.39, 0.29) is 5.91 Å². The second kappa shape index (κ2) is 8.32. The number of halogens is 1. The minimum atomic E-state index is -0.0613. The Morgan fingerprint density at radius 2 is 1.81 bits per heavy atom. The number of aryl methyl sites for hydroxylation is 2. The molecular formula is C20H22ClNO4. The molecule has 1 N–H and O–H groups in total. The molecule has 0 atom stereocenters. The standard InChI is InChI=1S/C20H22ClNO4/c1-13-10-16(11-14(2)20(13)21)24-7-3-4-19(23)22-15-5-6-17-18(12-15)26-9-8-25-17/h5-6,10-12H,3-4,7-9H2,1-2H3,(H,22,23). The van der Waals surface area contributed by atoms with Crippen molar-refractivity contribution in [3.8, 4) is 17.2 Å². The molecule has 0 bridgehead atoms. The summed E-state index contributed by atoms with van der Waals surface area (Å²) in [6, 6.07) is 9.21. The van der Waals surface area contributed by atoms with E-state index in [0.717, 1.165) is 21.9 Å². The number of amides is 1. The van der Waals surface area contributed by atoms with Gasteiger partial charge in [-0.2, -0.15) is 0 Å². The molecule has 0 radical (unpaired) electrons. The van der Waals surface area contributed by atoms with E-state index < -0.39 is 0 Å². The number of hydrogen-bond donors (Lipinski definition) is 1. The maximum atomic E-state index is 12.1. The van der Waals surface area contributed by atoms with Crippen LogP contribution < -0.4 is 19.5 Å². The van der Waals surface area contributed by atoms with Crippen molar-refractivity contribution < 1.29 is 19.0 Å². The molecular weight excluding hydrogens is 354 g/mol. The number of nitrogens with one attached hydrogen (secondary N) is 1. The molecule has 1 amide bonds. The summed E-state index contributed by atoms with van der Waals surface area (Å²) in [5.74, 6) is 2.08. The molecule has 2 aromatic carbocycles. The summed E-state index contributed by atoms with van der Waals surface area (Å²) in [5.41, 5.74) is 2.67. The van der Waals surface area contributed by atoms with Gasteiger partial charge in [-0.05, 0) is 55.7 Å². The molecule has 0 spiro atoms. The Bertz CT molecular complexity index is 783. The topological polar surface area (TPSA) is 56.8 Å². The summed E-state index contributed by atoms with van der Waals surface area (Å²) in [6.45, 7) is 5.43. The van der Waals surface area contributed by atoms with E-state index in [4.69, 9.17) is 25.8 Å². The summed E-state index contributed by atoms with van der Waals surface area (Å²) in [5, 5.41) is 3.63. The second-order valence-electron chi connectivity index (χ2n) is 6.23. The van der Waals surface area contributed by atoms with Gasteiger partial charge < -0.3 is 19.5 Å². The van der Waals surface area contributed by atoms with E-state index >= 15 is 0 Å². The number of ether oxygens (including phenoxy) is 3. The lowest BCUT2D eigenvalue weighted by Crippen LogP contribution is -2.16. The van der Waals surface area contributed by atoms with E-state index in [1.54, 1.807) is 18.2 Å². The van der Waals surface area contributed by atoms with Gasteiger partial charge in [0.1, 0.15) is 19.0 Å². The van der Waals surface area contributed by atoms with Crippen LogP contribution in [0.3, 0.4) is 0 Å². The molecule has 0 fully saturated rings. The van der Waals surface area contributed by atoms with Crippen molar-refractivity contribution in [1.29, 1.82) is 0 Å². The van der Waals surface area contributed by atoms with Crippen LogP contribution in [0, 0.1) is 13.8 Å². The Kier molecular flexibility index (Phi) is 5.89. The fourth-order valence-corrected chi connectivity index (χ4v) is 2.87. The van der Waals surface area contributed by atoms with E-state index in [9.17, 15) is 4.79 Å². The molecule has 0 unspecified atom stereocenters.